The molecule has 45 heavy (non-hydrogen) atoms. The van der Waals surface area contributed by atoms with Crippen molar-refractivity contribution in [3.8, 4) is 0 Å². The van der Waals surface area contributed by atoms with Crippen LogP contribution in [0, 0.1) is 6.08 Å². The van der Waals surface area contributed by atoms with Gasteiger partial charge in [-0.3, -0.25) is 0 Å². The molecule has 1 aliphatic carbocycles. The van der Waals surface area contributed by atoms with Crippen molar-refractivity contribution >= 4 is 56.5 Å². The Morgan fingerprint density at radius 1 is 0.711 bits per heavy atom. The summed E-state index contributed by atoms with van der Waals surface area (Å²) >= 11 is 6.40. The van der Waals surface area contributed by atoms with Crippen molar-refractivity contribution in [1.82, 2.24) is 10.6 Å². The van der Waals surface area contributed by atoms with Gasteiger partial charge >= 0.3 is 24.6 Å². The molecule has 0 aromatic heterocycles. The molecule has 0 aliphatic heterocycles. The third-order valence-corrected chi connectivity index (χ3v) is 5.76. The first-order chi connectivity index (χ1) is 21.9. The van der Waals surface area contributed by atoms with E-state index in [1.165, 1.54) is 11.1 Å². The van der Waals surface area contributed by atoms with Crippen LogP contribution < -0.4 is 16.4 Å². The van der Waals surface area contributed by atoms with Gasteiger partial charge in [-0.25, -0.2) is 0 Å². The second-order valence-corrected chi connectivity index (χ2v) is 8.55. The summed E-state index contributed by atoms with van der Waals surface area (Å²) in [5, 5.41) is 16.5. The second-order valence-electron chi connectivity index (χ2n) is 6.97. The van der Waals surface area contributed by atoms with Crippen molar-refractivity contribution in [2.45, 2.75) is 20.0 Å². The first kappa shape index (κ1) is 50.5. The van der Waals surface area contributed by atoms with Crippen molar-refractivity contribution in [3.63, 3.8) is 0 Å². The number of aliphatic hydroxyl groups excluding tert-OH is 1. The normalized spacial score (nSPS) is 8.69. The molecular formula is C31H38Br2N3O9+. The molecule has 0 saturated heterocycles. The van der Waals surface area contributed by atoms with Gasteiger partial charge in [-0.2, -0.15) is 38.4 Å². The number of hydrogen-bond donors (Lipinski definition) is 4. The Morgan fingerprint density at radius 2 is 1.04 bits per heavy atom. The van der Waals surface area contributed by atoms with Crippen LogP contribution in [0.4, 0.5) is 0 Å². The standard InChI is InChI=1S/C16H20N2.C7H8N.C2H4Br2.C2H6O.4CO2/c1-3-7-15(8-4-1)13-17-11-12-18-14-16-9-5-2-6-10-16;8-6-7-4-2-1-3-5-7;3-1-2-4;1-2-3;4*2-1-3/h1-10,17-18H,11-14H2;1-2,4-5H,6,8H2;1-2H2;3H,2H2,1H3;;;;/q;+1;;;;;;. The van der Waals surface area contributed by atoms with Gasteiger partial charge in [0.1, 0.15) is 12.2 Å². The van der Waals surface area contributed by atoms with E-state index in [1.807, 2.05) is 36.4 Å². The number of hydrogen-bond acceptors (Lipinski definition) is 12. The van der Waals surface area contributed by atoms with Crippen LogP contribution in [0.15, 0.2) is 90.5 Å². The van der Waals surface area contributed by atoms with Gasteiger partial charge in [0.15, 0.2) is 0 Å². The zero-order valence-corrected chi connectivity index (χ0v) is 28.0. The van der Waals surface area contributed by atoms with E-state index in [0.29, 0.717) is 6.54 Å². The van der Waals surface area contributed by atoms with Gasteiger partial charge in [0.2, 0.25) is 0 Å². The van der Waals surface area contributed by atoms with Crippen molar-refractivity contribution in [1.29, 1.82) is 0 Å². The van der Waals surface area contributed by atoms with Gasteiger partial charge in [-0.15, -0.1) is 0 Å². The van der Waals surface area contributed by atoms with Crippen molar-refractivity contribution in [2.24, 2.45) is 5.73 Å². The van der Waals surface area contributed by atoms with Crippen LogP contribution in [0.3, 0.4) is 0 Å². The lowest BCUT2D eigenvalue weighted by Crippen LogP contribution is -2.26. The smallest absolute Gasteiger partial charge is 0.373 e. The highest BCUT2D eigenvalue weighted by Crippen LogP contribution is 1.99. The quantitative estimate of drug-likeness (QED) is 0.166. The minimum absolute atomic E-state index is 0.250. The maximum absolute atomic E-state index is 8.12. The lowest BCUT2D eigenvalue weighted by atomic mass is 10.2. The van der Waals surface area contributed by atoms with Gasteiger partial charge in [0.05, 0.1) is 18.2 Å². The largest absolute Gasteiger partial charge is 0.397 e. The summed E-state index contributed by atoms with van der Waals surface area (Å²) in [6.07, 6.45) is 11.6. The summed E-state index contributed by atoms with van der Waals surface area (Å²) in [6, 6.07) is 21.0. The Labute approximate surface area is 280 Å². The molecule has 244 valence electrons. The van der Waals surface area contributed by atoms with E-state index in [4.69, 9.17) is 49.2 Å². The van der Waals surface area contributed by atoms with Crippen LogP contribution >= 0.6 is 31.9 Å². The molecule has 2 aromatic rings. The fourth-order valence-corrected chi connectivity index (χ4v) is 2.39. The van der Waals surface area contributed by atoms with Gasteiger partial charge < -0.3 is 21.5 Å². The highest BCUT2D eigenvalue weighted by molar-refractivity contribution is 9.11. The molecule has 12 nitrogen and oxygen atoms in total. The predicted octanol–water partition coefficient (Wildman–Crippen LogP) is 2.81. The SMILES string of the molecule is BrCCBr.CCO.NCC1=CC=C[C+]=C1.O=C=O.O=C=O.O=C=O.O=C=O.c1ccc(CNCCNCc2ccccc2)cc1. The Balaban J connectivity index is -0.000000164. The maximum Gasteiger partial charge on any atom is 0.373 e. The molecule has 2 aromatic carbocycles. The number of aliphatic hydroxyl groups is 1. The molecule has 0 saturated carbocycles. The molecule has 0 spiro atoms. The summed E-state index contributed by atoms with van der Waals surface area (Å²) < 4.78 is 0. The zero-order chi connectivity index (χ0) is 35.2. The molecule has 3 rings (SSSR count). The van der Waals surface area contributed by atoms with E-state index in [0.717, 1.165) is 42.4 Å². The highest BCUT2D eigenvalue weighted by Gasteiger charge is 1.96. The van der Waals surface area contributed by atoms with Gasteiger partial charge in [-0.05, 0) is 18.1 Å². The minimum atomic E-state index is 0.250. The maximum atomic E-state index is 8.12. The van der Waals surface area contributed by atoms with E-state index in [-0.39, 0.29) is 31.2 Å². The number of rotatable bonds is 9. The van der Waals surface area contributed by atoms with Crippen molar-refractivity contribution in [2.75, 3.05) is 36.9 Å². The molecule has 0 atom stereocenters. The van der Waals surface area contributed by atoms with E-state index >= 15 is 0 Å². The van der Waals surface area contributed by atoms with E-state index in [2.05, 4.69) is 97.1 Å². The van der Waals surface area contributed by atoms with Gasteiger partial charge in [-0.1, -0.05) is 92.5 Å². The number of allylic oxidation sites excluding steroid dienone is 4. The molecule has 1 aliphatic rings. The first-order valence-corrected chi connectivity index (χ1v) is 15.0. The van der Waals surface area contributed by atoms with E-state index < -0.39 is 0 Å². The fraction of sp³-hybridized carbons (Fsp3) is 0.290. The summed E-state index contributed by atoms with van der Waals surface area (Å²) in [7, 11) is 0. The molecule has 0 unspecified atom stereocenters. The molecule has 0 fully saturated rings. The highest BCUT2D eigenvalue weighted by atomic mass is 79.9. The van der Waals surface area contributed by atoms with E-state index in [1.54, 1.807) is 6.92 Å². The van der Waals surface area contributed by atoms with Gasteiger partial charge in [0.25, 0.3) is 0 Å². The third kappa shape index (κ3) is 56.3. The van der Waals surface area contributed by atoms with Crippen LogP contribution in [0.2, 0.25) is 0 Å². The first-order valence-electron chi connectivity index (χ1n) is 12.7. The second kappa shape index (κ2) is 52.5. The molecule has 5 N–H and O–H groups in total. The molecule has 0 radical (unpaired) electrons. The lowest BCUT2D eigenvalue weighted by molar-refractivity contribution is -0.193. The fourth-order valence-electron chi connectivity index (χ4n) is 2.39. The number of nitrogens with one attached hydrogen (secondary N) is 2. The number of carbonyl (C=O) groups excluding carboxylic acids is 8. The lowest BCUT2D eigenvalue weighted by Gasteiger charge is -2.06. The Hall–Kier alpha value is -4.11. The predicted molar refractivity (Wildman–Crippen MR) is 171 cm³/mol. The van der Waals surface area contributed by atoms with Gasteiger partial charge in [0, 0.05) is 55.6 Å². The summed E-state index contributed by atoms with van der Waals surface area (Å²) in [4.78, 5) is 65.0. The van der Waals surface area contributed by atoms with Crippen LogP contribution in [0.25, 0.3) is 0 Å². The molecule has 0 heterocycles. The molecule has 0 bridgehead atoms. The van der Waals surface area contributed by atoms with Crippen LogP contribution in [-0.2, 0) is 51.4 Å². The number of benzene rings is 2. The molecule has 0 amide bonds. The summed E-state index contributed by atoms with van der Waals surface area (Å²) in [5.74, 6) is 0. The molecule has 14 heteroatoms. The topological polar surface area (TPSA) is 207 Å². The van der Waals surface area contributed by atoms with Crippen LogP contribution in [0.1, 0.15) is 18.1 Å². The average molecular weight is 756 g/mol. The monoisotopic (exact) mass is 754 g/mol. The zero-order valence-electron chi connectivity index (χ0n) is 24.8. The number of halogens is 2. The number of nitrogens with two attached hydrogens (primary N) is 1. The summed E-state index contributed by atoms with van der Waals surface area (Å²) in [6.45, 7) is 6.39. The Morgan fingerprint density at radius 3 is 1.27 bits per heavy atom. The van der Waals surface area contributed by atoms with Crippen LogP contribution in [-0.4, -0.2) is 66.6 Å². The Bertz CT molecular complexity index is 1010. The average Bonchev–Trinajstić information content (AvgIpc) is 3.06. The summed E-state index contributed by atoms with van der Waals surface area (Å²) in [5.41, 5.74) is 9.13. The van der Waals surface area contributed by atoms with Crippen molar-refractivity contribution in [3.05, 3.63) is 108 Å². The minimum Gasteiger partial charge on any atom is -0.397 e. The third-order valence-electron chi connectivity index (χ3n) is 3.90. The number of alkyl halides is 2. The molecular weight excluding hydrogens is 718 g/mol. The van der Waals surface area contributed by atoms with Crippen molar-refractivity contribution < 1.29 is 43.5 Å². The van der Waals surface area contributed by atoms with E-state index in [9.17, 15) is 0 Å². The van der Waals surface area contributed by atoms with Crippen LogP contribution in [0.5, 0.6) is 0 Å². The Kier molecular flexibility index (Phi) is 59.0.